The number of thioether (sulfide) groups is 1. The van der Waals surface area contributed by atoms with E-state index in [-0.39, 0.29) is 0 Å². The molecule has 0 bridgehead atoms. The molecule has 0 fully saturated rings. The van der Waals surface area contributed by atoms with Gasteiger partial charge in [-0.3, -0.25) is 5.01 Å². The minimum Gasteiger partial charge on any atom is -0.264 e. The molecule has 0 saturated heterocycles. The molecule has 0 unspecified atom stereocenters. The summed E-state index contributed by atoms with van der Waals surface area (Å²) in [6.45, 7) is 0. The molecule has 1 aliphatic rings. The Balaban J connectivity index is 2.18. The lowest BCUT2D eigenvalue weighted by Crippen LogP contribution is -2.40. The largest absolute Gasteiger partial charge is 0.264 e. The molecule has 18 heavy (non-hydrogen) atoms. The van der Waals surface area contributed by atoms with Crippen molar-refractivity contribution in [1.29, 1.82) is 0 Å². The summed E-state index contributed by atoms with van der Waals surface area (Å²) in [5.74, 6) is 2.32. The maximum absolute atomic E-state index is 5.34. The van der Waals surface area contributed by atoms with Crippen LogP contribution in [0, 0.1) is 4.77 Å². The molecule has 0 radical (unpaired) electrons. The highest BCUT2D eigenvalue weighted by Gasteiger charge is 2.21. The molecule has 0 saturated carbocycles. The highest BCUT2D eigenvalue weighted by molar-refractivity contribution is 8.22. The van der Waals surface area contributed by atoms with Crippen LogP contribution in [0.1, 0.15) is 5.82 Å². The van der Waals surface area contributed by atoms with E-state index in [0.29, 0.717) is 10.6 Å². The number of thiocarbonyl (C=S) groups is 1. The average Bonchev–Trinajstić information content (AvgIpc) is 2.87. The van der Waals surface area contributed by atoms with Gasteiger partial charge >= 0.3 is 0 Å². The third kappa shape index (κ3) is 1.99. The molecule has 2 aromatic heterocycles. The van der Waals surface area contributed by atoms with Crippen LogP contribution in [-0.2, 0) is 5.75 Å². The van der Waals surface area contributed by atoms with Crippen molar-refractivity contribution in [3.63, 3.8) is 0 Å². The summed E-state index contributed by atoms with van der Waals surface area (Å²) in [4.78, 5) is 9.99. The molecule has 0 N–H and O–H groups in total. The van der Waals surface area contributed by atoms with Crippen molar-refractivity contribution in [2.45, 2.75) is 5.75 Å². The Morgan fingerprint density at radius 1 is 1.33 bits per heavy atom. The molecule has 2 aromatic rings. The maximum Gasteiger partial charge on any atom is 0.222 e. The normalized spacial score (nSPS) is 14.7. The van der Waals surface area contributed by atoms with E-state index in [0.717, 1.165) is 20.8 Å². The van der Waals surface area contributed by atoms with Crippen LogP contribution in [0.2, 0.25) is 0 Å². The van der Waals surface area contributed by atoms with Crippen LogP contribution in [0.4, 0.5) is 0 Å². The van der Waals surface area contributed by atoms with Gasteiger partial charge in [0.05, 0.1) is 10.6 Å². The summed E-state index contributed by atoms with van der Waals surface area (Å²) in [5.41, 5.74) is 0. The third-order valence-corrected chi connectivity index (χ3v) is 5.15. The lowest BCUT2D eigenvalue weighted by Gasteiger charge is -2.28. The highest BCUT2D eigenvalue weighted by Crippen LogP contribution is 2.25. The van der Waals surface area contributed by atoms with Gasteiger partial charge in [0.2, 0.25) is 4.77 Å². The molecule has 3 heterocycles. The molecular weight excluding hydrogens is 304 g/mol. The monoisotopic (exact) mass is 312 g/mol. The Kier molecular flexibility index (Phi) is 3.18. The minimum absolute atomic E-state index is 0.494. The van der Waals surface area contributed by atoms with Gasteiger partial charge in [-0.1, -0.05) is 30.0 Å². The minimum atomic E-state index is 0.494. The number of hydrogen-bond donors (Lipinski definition) is 0. The van der Waals surface area contributed by atoms with Crippen molar-refractivity contribution in [2.24, 2.45) is 0 Å². The van der Waals surface area contributed by atoms with E-state index in [1.165, 1.54) is 0 Å². The van der Waals surface area contributed by atoms with Crippen molar-refractivity contribution in [3.05, 3.63) is 28.1 Å². The quantitative estimate of drug-likeness (QED) is 0.753. The number of fused-ring (bicyclic) bond motifs is 1. The van der Waals surface area contributed by atoms with Gasteiger partial charge in [-0.25, -0.2) is 9.66 Å². The zero-order chi connectivity index (χ0) is 12.7. The topological polar surface area (TPSA) is 34.0 Å². The fraction of sp³-hybridized carbons (Fsp3) is 0.200. The summed E-state index contributed by atoms with van der Waals surface area (Å²) >= 11 is 13.8. The zero-order valence-electron chi connectivity index (χ0n) is 9.36. The number of rotatable bonds is 1. The molecule has 1 aliphatic heterocycles. The van der Waals surface area contributed by atoms with Crippen LogP contribution in [0.15, 0.2) is 17.5 Å². The molecular formula is C10H8N4S4. The molecule has 0 aromatic carbocycles. The third-order valence-electron chi connectivity index (χ3n) is 2.49. The second kappa shape index (κ2) is 4.69. The lowest BCUT2D eigenvalue weighted by molar-refractivity contribution is 0.690. The van der Waals surface area contributed by atoms with E-state index in [1.807, 2.05) is 29.6 Å². The van der Waals surface area contributed by atoms with Crippen LogP contribution in [0.25, 0.3) is 10.7 Å². The number of thiophene rings is 1. The number of nitrogens with zero attached hydrogens (tertiary/aromatic N) is 4. The summed E-state index contributed by atoms with van der Waals surface area (Å²) in [6, 6.07) is 3.98. The summed E-state index contributed by atoms with van der Waals surface area (Å²) in [6.07, 6.45) is 0. The van der Waals surface area contributed by atoms with Gasteiger partial charge in [0, 0.05) is 7.05 Å². The fourth-order valence-corrected chi connectivity index (χ4v) is 3.59. The maximum atomic E-state index is 5.34. The first-order chi connectivity index (χ1) is 8.66. The second-order valence-corrected chi connectivity index (χ2v) is 6.54. The Bertz CT molecular complexity index is 661. The second-order valence-electron chi connectivity index (χ2n) is 3.61. The first-order valence-electron chi connectivity index (χ1n) is 5.11. The van der Waals surface area contributed by atoms with Crippen molar-refractivity contribution < 1.29 is 0 Å². The molecule has 0 amide bonds. The summed E-state index contributed by atoms with van der Waals surface area (Å²) < 4.78 is 3.07. The van der Waals surface area contributed by atoms with Crippen LogP contribution in [-0.4, -0.2) is 26.0 Å². The van der Waals surface area contributed by atoms with Gasteiger partial charge < -0.3 is 0 Å². The molecule has 92 valence electrons. The molecule has 0 aliphatic carbocycles. The Hall–Kier alpha value is -0.830. The average molecular weight is 312 g/mol. The van der Waals surface area contributed by atoms with E-state index in [9.17, 15) is 0 Å². The van der Waals surface area contributed by atoms with Crippen molar-refractivity contribution in [1.82, 2.24) is 14.6 Å². The first kappa shape index (κ1) is 12.2. The molecule has 8 heteroatoms. The van der Waals surface area contributed by atoms with E-state index in [4.69, 9.17) is 24.4 Å². The fourth-order valence-electron chi connectivity index (χ4n) is 1.66. The van der Waals surface area contributed by atoms with E-state index in [1.54, 1.807) is 27.8 Å². The molecule has 4 nitrogen and oxygen atoms in total. The van der Waals surface area contributed by atoms with Gasteiger partial charge in [0.1, 0.15) is 5.82 Å². The van der Waals surface area contributed by atoms with Crippen LogP contribution in [0.5, 0.6) is 0 Å². The SMILES string of the molecule is CN1C(=S)SCc2nc(-c3cccs3)nc(=S)n21. The van der Waals surface area contributed by atoms with E-state index < -0.39 is 0 Å². The first-order valence-corrected chi connectivity index (χ1v) is 7.79. The van der Waals surface area contributed by atoms with Gasteiger partial charge in [-0.15, -0.1) is 11.3 Å². The smallest absolute Gasteiger partial charge is 0.222 e. The van der Waals surface area contributed by atoms with Crippen molar-refractivity contribution >= 4 is 51.9 Å². The van der Waals surface area contributed by atoms with Crippen molar-refractivity contribution in [2.75, 3.05) is 12.1 Å². The van der Waals surface area contributed by atoms with Crippen LogP contribution in [0.3, 0.4) is 0 Å². The Morgan fingerprint density at radius 3 is 2.89 bits per heavy atom. The molecule has 3 rings (SSSR count). The van der Waals surface area contributed by atoms with E-state index >= 15 is 0 Å². The Morgan fingerprint density at radius 2 is 2.17 bits per heavy atom. The van der Waals surface area contributed by atoms with Gasteiger partial charge in [-0.2, -0.15) is 4.98 Å². The zero-order valence-corrected chi connectivity index (χ0v) is 12.6. The van der Waals surface area contributed by atoms with E-state index in [2.05, 4.69) is 9.97 Å². The predicted octanol–water partition coefficient (Wildman–Crippen LogP) is 2.84. The van der Waals surface area contributed by atoms with Gasteiger partial charge in [0.15, 0.2) is 10.1 Å². The molecule has 0 atom stereocenters. The van der Waals surface area contributed by atoms with Crippen LogP contribution < -0.4 is 5.01 Å². The number of aromatic nitrogens is 3. The Labute approximate surface area is 123 Å². The standard InChI is InChI=1S/C10H8N4S4/c1-13-10(16)18-5-7-11-8(6-3-2-4-17-6)12-9(15)14(7)13/h2-4H,5H2,1H3. The summed E-state index contributed by atoms with van der Waals surface area (Å²) in [5, 5.41) is 3.82. The van der Waals surface area contributed by atoms with Gasteiger partial charge in [-0.05, 0) is 23.7 Å². The predicted molar refractivity (Wildman–Crippen MR) is 82.2 cm³/mol. The number of hydrogen-bond acceptors (Lipinski definition) is 6. The summed E-state index contributed by atoms with van der Waals surface area (Å²) in [7, 11) is 1.88. The molecule has 0 spiro atoms. The van der Waals surface area contributed by atoms with Gasteiger partial charge in [0.25, 0.3) is 0 Å². The lowest BCUT2D eigenvalue weighted by atomic mass is 10.4. The van der Waals surface area contributed by atoms with Crippen LogP contribution >= 0.6 is 47.5 Å². The van der Waals surface area contributed by atoms with Crippen molar-refractivity contribution in [3.8, 4) is 10.7 Å². The highest BCUT2D eigenvalue weighted by atomic mass is 32.2.